The Morgan fingerprint density at radius 1 is 1.26 bits per heavy atom. The van der Waals surface area contributed by atoms with E-state index in [0.717, 1.165) is 0 Å². The smallest absolute Gasteiger partial charge is 0.165 e. The van der Waals surface area contributed by atoms with E-state index < -0.39 is 24.5 Å². The summed E-state index contributed by atoms with van der Waals surface area (Å²) in [5, 5.41) is 29.1. The Labute approximate surface area is 113 Å². The average Bonchev–Trinajstić information content (AvgIpc) is 2.94. The van der Waals surface area contributed by atoms with Crippen molar-refractivity contribution in [1.29, 1.82) is 0 Å². The lowest BCUT2D eigenvalue weighted by Gasteiger charge is -2.16. The van der Waals surface area contributed by atoms with Gasteiger partial charge in [0.1, 0.15) is 30.2 Å². The van der Waals surface area contributed by atoms with Crippen LogP contribution in [0.4, 0.5) is 0 Å². The third kappa shape index (κ3) is 1.86. The summed E-state index contributed by atoms with van der Waals surface area (Å²) in [5.74, 6) is 0. The van der Waals surface area contributed by atoms with Crippen molar-refractivity contribution in [3.63, 3.8) is 0 Å². The normalized spacial score (nSPS) is 31.1. The fraction of sp³-hybridized carbons (Fsp3) is 0.500. The molecule has 2 aromatic rings. The summed E-state index contributed by atoms with van der Waals surface area (Å²) in [6.07, 6.45) is -1.36. The van der Waals surface area contributed by atoms with Crippen LogP contribution in [0.1, 0.15) is 6.23 Å². The van der Waals surface area contributed by atoms with Gasteiger partial charge in [-0.25, -0.2) is 9.97 Å². The van der Waals surface area contributed by atoms with E-state index in [9.17, 15) is 10.2 Å². The molecular formula is C10H11N4O4S-. The van der Waals surface area contributed by atoms with E-state index in [2.05, 4.69) is 15.0 Å². The van der Waals surface area contributed by atoms with Crippen LogP contribution in [0, 0.1) is 0 Å². The molecule has 0 aliphatic carbocycles. The van der Waals surface area contributed by atoms with E-state index in [1.165, 1.54) is 17.2 Å². The van der Waals surface area contributed by atoms with E-state index >= 15 is 0 Å². The van der Waals surface area contributed by atoms with E-state index in [4.69, 9.17) is 22.5 Å². The molecule has 19 heavy (non-hydrogen) atoms. The van der Waals surface area contributed by atoms with E-state index in [0.29, 0.717) is 16.2 Å². The summed E-state index contributed by atoms with van der Waals surface area (Å²) in [6, 6.07) is 0. The van der Waals surface area contributed by atoms with Gasteiger partial charge >= 0.3 is 0 Å². The number of aliphatic hydroxyl groups excluding tert-OH is 3. The third-order valence-electron chi connectivity index (χ3n) is 3.12. The number of imidazole rings is 1. The van der Waals surface area contributed by atoms with Gasteiger partial charge in [0.05, 0.1) is 12.9 Å². The minimum atomic E-state index is -1.18. The quantitative estimate of drug-likeness (QED) is 0.443. The third-order valence-corrected chi connectivity index (χ3v) is 3.42. The minimum Gasteiger partial charge on any atom is -0.758 e. The Bertz CT molecular complexity index is 606. The highest BCUT2D eigenvalue weighted by atomic mass is 32.1. The van der Waals surface area contributed by atoms with Crippen LogP contribution < -0.4 is 0 Å². The van der Waals surface area contributed by atoms with Crippen LogP contribution in [0.15, 0.2) is 17.7 Å². The predicted octanol–water partition coefficient (Wildman–Crippen LogP) is -1.66. The summed E-state index contributed by atoms with van der Waals surface area (Å²) in [7, 11) is 0. The first-order chi connectivity index (χ1) is 9.13. The Hall–Kier alpha value is -1.39. The Morgan fingerprint density at radius 3 is 2.74 bits per heavy atom. The maximum atomic E-state index is 9.96. The highest BCUT2D eigenvalue weighted by Crippen LogP contribution is 2.31. The van der Waals surface area contributed by atoms with Gasteiger partial charge in [-0.15, -0.1) is 0 Å². The van der Waals surface area contributed by atoms with Gasteiger partial charge < -0.3 is 32.7 Å². The van der Waals surface area contributed by atoms with Gasteiger partial charge in [0, 0.05) is 0 Å². The molecule has 102 valence electrons. The molecule has 3 N–H and O–H groups in total. The van der Waals surface area contributed by atoms with Crippen LogP contribution in [0.25, 0.3) is 11.2 Å². The molecule has 0 amide bonds. The SMILES string of the molecule is OC[C@H]1O[C@@H](n2cnc3c([S-])ncnc32)[C@H](O)[C@@H]1O. The second-order valence-electron chi connectivity index (χ2n) is 4.23. The highest BCUT2D eigenvalue weighted by molar-refractivity contribution is 7.58. The molecule has 1 aliphatic rings. The molecule has 9 heteroatoms. The summed E-state index contributed by atoms with van der Waals surface area (Å²) in [4.78, 5) is 12.0. The van der Waals surface area contributed by atoms with E-state index in [1.54, 1.807) is 0 Å². The second-order valence-corrected chi connectivity index (χ2v) is 4.62. The molecule has 0 unspecified atom stereocenters. The number of hydrogen-bond acceptors (Lipinski definition) is 8. The number of aromatic nitrogens is 4. The van der Waals surface area contributed by atoms with Gasteiger partial charge in [0.25, 0.3) is 0 Å². The molecule has 0 aromatic carbocycles. The van der Waals surface area contributed by atoms with Crippen LogP contribution >= 0.6 is 0 Å². The van der Waals surface area contributed by atoms with Crippen molar-refractivity contribution in [2.45, 2.75) is 29.6 Å². The number of rotatable bonds is 2. The zero-order valence-electron chi connectivity index (χ0n) is 9.62. The number of nitrogens with zero attached hydrogens (tertiary/aromatic N) is 4. The van der Waals surface area contributed by atoms with Crippen LogP contribution in [-0.2, 0) is 17.4 Å². The van der Waals surface area contributed by atoms with Crippen molar-refractivity contribution >= 4 is 23.8 Å². The lowest BCUT2D eigenvalue weighted by molar-refractivity contribution is -0.0511. The molecule has 1 aliphatic heterocycles. The van der Waals surface area contributed by atoms with Crippen molar-refractivity contribution in [3.05, 3.63) is 12.7 Å². The van der Waals surface area contributed by atoms with E-state index in [-0.39, 0.29) is 6.61 Å². The molecular weight excluding hydrogens is 272 g/mol. The van der Waals surface area contributed by atoms with Crippen molar-refractivity contribution in [1.82, 2.24) is 19.5 Å². The number of fused-ring (bicyclic) bond motifs is 1. The zero-order chi connectivity index (χ0) is 13.6. The fourth-order valence-corrected chi connectivity index (χ4v) is 2.32. The Kier molecular flexibility index (Phi) is 3.07. The Balaban J connectivity index is 2.04. The molecule has 3 rings (SSSR count). The molecule has 4 atom stereocenters. The molecule has 1 saturated heterocycles. The highest BCUT2D eigenvalue weighted by Gasteiger charge is 2.43. The average molecular weight is 283 g/mol. The van der Waals surface area contributed by atoms with Gasteiger partial charge in [0.15, 0.2) is 11.9 Å². The summed E-state index contributed by atoms with van der Waals surface area (Å²) >= 11 is 5.02. The van der Waals surface area contributed by atoms with Gasteiger partial charge in [-0.05, 0) is 0 Å². The Morgan fingerprint density at radius 2 is 2.05 bits per heavy atom. The summed E-state index contributed by atoms with van der Waals surface area (Å²) in [5.41, 5.74) is 0.838. The number of ether oxygens (including phenoxy) is 1. The van der Waals surface area contributed by atoms with Crippen molar-refractivity contribution < 1.29 is 20.1 Å². The lowest BCUT2D eigenvalue weighted by atomic mass is 10.1. The molecule has 0 saturated carbocycles. The maximum Gasteiger partial charge on any atom is 0.165 e. The van der Waals surface area contributed by atoms with Crippen LogP contribution in [0.5, 0.6) is 0 Å². The largest absolute Gasteiger partial charge is 0.758 e. The van der Waals surface area contributed by atoms with Gasteiger partial charge in [-0.3, -0.25) is 9.55 Å². The first kappa shape index (κ1) is 12.6. The number of hydrogen-bond donors (Lipinski definition) is 3. The topological polar surface area (TPSA) is 114 Å². The molecule has 1 fully saturated rings. The summed E-state index contributed by atoms with van der Waals surface area (Å²) < 4.78 is 6.87. The molecule has 3 heterocycles. The number of aliphatic hydroxyl groups is 3. The molecule has 0 spiro atoms. The van der Waals surface area contributed by atoms with Crippen LogP contribution in [0.2, 0.25) is 0 Å². The van der Waals surface area contributed by atoms with Gasteiger partial charge in [0.2, 0.25) is 0 Å². The molecule has 2 aromatic heterocycles. The van der Waals surface area contributed by atoms with Crippen molar-refractivity contribution in [3.8, 4) is 0 Å². The summed E-state index contributed by atoms with van der Waals surface area (Å²) in [6.45, 7) is -0.386. The minimum absolute atomic E-state index is 0.301. The first-order valence-corrected chi connectivity index (χ1v) is 6.01. The van der Waals surface area contributed by atoms with Crippen LogP contribution in [0.3, 0.4) is 0 Å². The van der Waals surface area contributed by atoms with Crippen molar-refractivity contribution in [2.24, 2.45) is 0 Å². The fourth-order valence-electron chi connectivity index (χ4n) is 2.13. The van der Waals surface area contributed by atoms with Gasteiger partial charge in [-0.2, -0.15) is 0 Å². The lowest BCUT2D eigenvalue weighted by Crippen LogP contribution is -2.33. The van der Waals surface area contributed by atoms with E-state index in [1.807, 2.05) is 0 Å². The molecule has 0 radical (unpaired) electrons. The monoisotopic (exact) mass is 283 g/mol. The van der Waals surface area contributed by atoms with Crippen molar-refractivity contribution in [2.75, 3.05) is 6.61 Å². The predicted molar refractivity (Wildman–Crippen MR) is 64.0 cm³/mol. The van der Waals surface area contributed by atoms with Gasteiger partial charge in [-0.1, -0.05) is 5.03 Å². The zero-order valence-corrected chi connectivity index (χ0v) is 10.4. The maximum absolute atomic E-state index is 9.96. The second kappa shape index (κ2) is 4.62. The molecule has 8 nitrogen and oxygen atoms in total. The molecule has 0 bridgehead atoms. The standard InChI is InChI=1S/C10H12N4O4S/c15-1-4-6(16)7(17)10(18-4)14-3-13-5-8(14)11-2-12-9(5)19/h2-4,6-7,10,15-17H,1H2,(H,11,12,19)/p-1/t4-,6-,7-,10-/m1/s1. The van der Waals surface area contributed by atoms with Crippen LogP contribution in [-0.4, -0.2) is 59.8 Å². The first-order valence-electron chi connectivity index (χ1n) is 5.60.